The summed E-state index contributed by atoms with van der Waals surface area (Å²) in [5.74, 6) is 0.525. The molecular formula is C32H34N2O3S. The predicted molar refractivity (Wildman–Crippen MR) is 156 cm³/mol. The number of anilines is 2. The van der Waals surface area contributed by atoms with Crippen molar-refractivity contribution in [2.24, 2.45) is 5.92 Å². The summed E-state index contributed by atoms with van der Waals surface area (Å²) in [6, 6.07) is 21.9. The molecule has 0 saturated heterocycles. The first-order chi connectivity index (χ1) is 19.0. The minimum Gasteiger partial charge on any atom is -0.466 e. The van der Waals surface area contributed by atoms with E-state index >= 15 is 0 Å². The molecule has 1 aliphatic carbocycles. The molecule has 1 fully saturated rings. The Kier molecular flexibility index (Phi) is 8.07. The number of carbonyl (C=O) groups excluding carboxylic acids is 2. The SMILES string of the molecule is [2H]C(c1ccc(-c2ccc3c(c2)SCCN3)cc1)N(C(=O)C1CCCCC1)c1cccc(/C=C/C(=O)OC)c1. The first kappa shape index (κ1) is 24.8. The highest BCUT2D eigenvalue weighted by Crippen LogP contribution is 2.35. The highest BCUT2D eigenvalue weighted by Gasteiger charge is 2.27. The Morgan fingerprint density at radius 3 is 2.63 bits per heavy atom. The Labute approximate surface area is 230 Å². The van der Waals surface area contributed by atoms with E-state index in [0.29, 0.717) is 5.69 Å². The van der Waals surface area contributed by atoms with Gasteiger partial charge >= 0.3 is 5.97 Å². The lowest BCUT2D eigenvalue weighted by Gasteiger charge is -2.30. The number of nitrogens with zero attached hydrogens (tertiary/aromatic N) is 1. The Bertz CT molecular complexity index is 1350. The minimum atomic E-state index is -0.892. The molecule has 1 amide bonds. The van der Waals surface area contributed by atoms with Crippen molar-refractivity contribution in [3.63, 3.8) is 0 Å². The quantitative estimate of drug-likeness (QED) is 0.261. The lowest BCUT2D eigenvalue weighted by molar-refractivity contribution is -0.134. The molecule has 1 N–H and O–H groups in total. The van der Waals surface area contributed by atoms with Gasteiger partial charge in [0, 0.05) is 40.6 Å². The average Bonchev–Trinajstić information content (AvgIpc) is 3.00. The summed E-state index contributed by atoms with van der Waals surface area (Å²) in [6.07, 6.45) is 7.97. The largest absolute Gasteiger partial charge is 0.466 e. The number of hydrogen-bond donors (Lipinski definition) is 1. The van der Waals surface area contributed by atoms with E-state index in [-0.39, 0.29) is 11.8 Å². The van der Waals surface area contributed by atoms with E-state index < -0.39 is 12.5 Å². The van der Waals surface area contributed by atoms with Crippen LogP contribution in [0.25, 0.3) is 17.2 Å². The zero-order valence-corrected chi connectivity index (χ0v) is 22.5. The number of hydrogen-bond acceptors (Lipinski definition) is 5. The fourth-order valence-corrected chi connectivity index (χ4v) is 5.98. The summed E-state index contributed by atoms with van der Waals surface area (Å²) in [5.41, 5.74) is 5.58. The van der Waals surface area contributed by atoms with Gasteiger partial charge in [0.25, 0.3) is 0 Å². The maximum atomic E-state index is 13.9. The predicted octanol–water partition coefficient (Wildman–Crippen LogP) is 7.17. The molecule has 38 heavy (non-hydrogen) atoms. The molecule has 196 valence electrons. The number of rotatable bonds is 7. The van der Waals surface area contributed by atoms with Crippen molar-refractivity contribution >= 4 is 41.1 Å². The molecule has 3 aromatic rings. The van der Waals surface area contributed by atoms with E-state index in [1.54, 1.807) is 11.0 Å². The molecule has 1 unspecified atom stereocenters. The molecule has 1 heterocycles. The second kappa shape index (κ2) is 12.4. The molecule has 0 aromatic heterocycles. The summed E-state index contributed by atoms with van der Waals surface area (Å²) < 4.78 is 13.9. The maximum Gasteiger partial charge on any atom is 0.330 e. The van der Waals surface area contributed by atoms with Gasteiger partial charge in [0.2, 0.25) is 5.91 Å². The van der Waals surface area contributed by atoms with Crippen molar-refractivity contribution in [1.29, 1.82) is 0 Å². The Morgan fingerprint density at radius 2 is 1.84 bits per heavy atom. The van der Waals surface area contributed by atoms with Crippen LogP contribution in [0.4, 0.5) is 11.4 Å². The smallest absolute Gasteiger partial charge is 0.330 e. The van der Waals surface area contributed by atoms with Crippen LogP contribution in [0.3, 0.4) is 0 Å². The molecule has 5 rings (SSSR count). The molecule has 1 atom stereocenters. The zero-order valence-electron chi connectivity index (χ0n) is 22.7. The second-order valence-electron chi connectivity index (χ2n) is 9.73. The maximum absolute atomic E-state index is 13.9. The van der Waals surface area contributed by atoms with Crippen molar-refractivity contribution in [3.05, 3.63) is 83.9 Å². The summed E-state index contributed by atoms with van der Waals surface area (Å²) in [5, 5.41) is 3.44. The number of fused-ring (bicyclic) bond motifs is 1. The molecule has 0 radical (unpaired) electrons. The van der Waals surface area contributed by atoms with Gasteiger partial charge in [0.05, 0.1) is 15.0 Å². The first-order valence-electron chi connectivity index (χ1n) is 13.8. The topological polar surface area (TPSA) is 58.6 Å². The van der Waals surface area contributed by atoms with Gasteiger partial charge in [-0.1, -0.05) is 61.7 Å². The standard InChI is InChI=1S/C32H34N2O3S/c1-37-31(35)17-12-23-6-5-9-28(20-23)34(32(36)26-7-3-2-4-8-26)22-24-10-13-25(14-11-24)27-15-16-29-30(21-27)38-19-18-33-29/h5-6,9-17,20-21,26,33H,2-4,7-8,18-19,22H2,1H3/b17-12+/i22D. The van der Waals surface area contributed by atoms with Crippen LogP contribution in [-0.4, -0.2) is 31.3 Å². The van der Waals surface area contributed by atoms with Crippen LogP contribution in [0.5, 0.6) is 0 Å². The van der Waals surface area contributed by atoms with Crippen molar-refractivity contribution in [2.45, 2.75) is 43.5 Å². The van der Waals surface area contributed by atoms with E-state index in [1.165, 1.54) is 23.8 Å². The van der Waals surface area contributed by atoms with Gasteiger partial charge in [-0.2, -0.15) is 0 Å². The molecule has 0 bridgehead atoms. The lowest BCUT2D eigenvalue weighted by Crippen LogP contribution is -2.36. The fourth-order valence-electron chi connectivity index (χ4n) is 5.05. The number of carbonyl (C=O) groups is 2. The second-order valence-corrected chi connectivity index (χ2v) is 10.9. The molecule has 1 saturated carbocycles. The van der Waals surface area contributed by atoms with Crippen LogP contribution >= 0.6 is 11.8 Å². The van der Waals surface area contributed by atoms with Crippen molar-refractivity contribution in [3.8, 4) is 11.1 Å². The Balaban J connectivity index is 1.44. The van der Waals surface area contributed by atoms with E-state index in [1.807, 2.05) is 60.3 Å². The van der Waals surface area contributed by atoms with E-state index in [9.17, 15) is 11.0 Å². The molecule has 2 aliphatic rings. The van der Waals surface area contributed by atoms with Crippen molar-refractivity contribution in [1.82, 2.24) is 0 Å². The summed E-state index contributed by atoms with van der Waals surface area (Å²) in [4.78, 5) is 28.4. The summed E-state index contributed by atoms with van der Waals surface area (Å²) >= 11 is 1.86. The molecule has 3 aromatic carbocycles. The fraction of sp³-hybridized carbons (Fsp3) is 0.312. The number of methoxy groups -OCH3 is 1. The molecule has 0 spiro atoms. The number of amides is 1. The average molecular weight is 528 g/mol. The van der Waals surface area contributed by atoms with Crippen molar-refractivity contribution in [2.75, 3.05) is 29.6 Å². The first-order valence-corrected chi connectivity index (χ1v) is 14.2. The summed E-state index contributed by atoms with van der Waals surface area (Å²) in [6.45, 7) is 0.0912. The van der Waals surface area contributed by atoms with Crippen LogP contribution in [0, 0.1) is 5.92 Å². The van der Waals surface area contributed by atoms with Gasteiger partial charge in [-0.15, -0.1) is 11.8 Å². The highest BCUT2D eigenvalue weighted by atomic mass is 32.2. The Morgan fingerprint density at radius 1 is 1.05 bits per heavy atom. The van der Waals surface area contributed by atoms with Gasteiger partial charge in [-0.05, 0) is 65.4 Å². The van der Waals surface area contributed by atoms with Gasteiger partial charge in [-0.25, -0.2) is 4.79 Å². The molecule has 5 nitrogen and oxygen atoms in total. The number of esters is 1. The highest BCUT2D eigenvalue weighted by molar-refractivity contribution is 7.99. The molecule has 1 aliphatic heterocycles. The molecule has 6 heteroatoms. The van der Waals surface area contributed by atoms with E-state index in [2.05, 4.69) is 23.5 Å². The Hall–Kier alpha value is -3.51. The normalized spacial score (nSPS) is 16.7. The third-order valence-electron chi connectivity index (χ3n) is 7.13. The van der Waals surface area contributed by atoms with Gasteiger partial charge in [0.1, 0.15) is 0 Å². The minimum absolute atomic E-state index is 0.00733. The van der Waals surface area contributed by atoms with Crippen molar-refractivity contribution < 1.29 is 15.7 Å². The lowest BCUT2D eigenvalue weighted by atomic mass is 9.88. The summed E-state index contributed by atoms with van der Waals surface area (Å²) in [7, 11) is 1.34. The zero-order chi connectivity index (χ0) is 27.2. The third-order valence-corrected chi connectivity index (χ3v) is 8.19. The van der Waals surface area contributed by atoms with Crippen LogP contribution in [-0.2, 0) is 20.8 Å². The monoisotopic (exact) mass is 527 g/mol. The van der Waals surface area contributed by atoms with Crippen LogP contribution < -0.4 is 10.2 Å². The third kappa shape index (κ3) is 6.30. The van der Waals surface area contributed by atoms with Gasteiger partial charge in [-0.3, -0.25) is 4.79 Å². The number of thioether (sulfide) groups is 1. The van der Waals surface area contributed by atoms with Gasteiger partial charge < -0.3 is 15.0 Å². The number of benzene rings is 3. The van der Waals surface area contributed by atoms with E-state index in [0.717, 1.165) is 66.7 Å². The van der Waals surface area contributed by atoms with Crippen LogP contribution in [0.1, 0.15) is 44.6 Å². The molecular weight excluding hydrogens is 492 g/mol. The van der Waals surface area contributed by atoms with Gasteiger partial charge in [0.15, 0.2) is 0 Å². The van der Waals surface area contributed by atoms with Crippen LogP contribution in [0.15, 0.2) is 77.7 Å². The van der Waals surface area contributed by atoms with Crippen LogP contribution in [0.2, 0.25) is 0 Å². The number of ether oxygens (including phenoxy) is 1. The van der Waals surface area contributed by atoms with E-state index in [4.69, 9.17) is 4.74 Å². The number of nitrogens with one attached hydrogen (secondary N) is 1.